The zero-order valence-corrected chi connectivity index (χ0v) is 7.08. The number of hydrogen-bond donors (Lipinski definition) is 1. The van der Waals surface area contributed by atoms with E-state index in [1.807, 2.05) is 6.08 Å². The van der Waals surface area contributed by atoms with Crippen LogP contribution >= 0.6 is 0 Å². The van der Waals surface area contributed by atoms with Crippen molar-refractivity contribution >= 4 is 5.91 Å². The summed E-state index contributed by atoms with van der Waals surface area (Å²) >= 11 is 0. The standard InChI is InChI=1S/C8H13NO3/c1-2-11-8(7(9)10)5-3-4-6-12-8/h4,6H,2-3,5H2,1H3,(H2,9,10). The Bertz CT molecular complexity index is 202. The lowest BCUT2D eigenvalue weighted by molar-refractivity contribution is -0.211. The molecule has 0 bridgehead atoms. The lowest BCUT2D eigenvalue weighted by Crippen LogP contribution is -2.48. The predicted octanol–water partition coefficient (Wildman–Crippen LogP) is 0.529. The predicted molar refractivity (Wildman–Crippen MR) is 43.0 cm³/mol. The Balaban J connectivity index is 2.71. The maximum atomic E-state index is 11.0. The monoisotopic (exact) mass is 171 g/mol. The molecule has 1 aliphatic heterocycles. The second kappa shape index (κ2) is 3.58. The number of carbonyl (C=O) groups excluding carboxylic acids is 1. The van der Waals surface area contributed by atoms with Gasteiger partial charge in [-0.25, -0.2) is 0 Å². The van der Waals surface area contributed by atoms with Crippen molar-refractivity contribution in [1.82, 2.24) is 0 Å². The van der Waals surface area contributed by atoms with Crippen LogP contribution in [0.5, 0.6) is 0 Å². The minimum absolute atomic E-state index is 0.413. The van der Waals surface area contributed by atoms with E-state index in [0.717, 1.165) is 6.42 Å². The van der Waals surface area contributed by atoms with Crippen molar-refractivity contribution < 1.29 is 14.3 Å². The van der Waals surface area contributed by atoms with E-state index in [-0.39, 0.29) is 0 Å². The van der Waals surface area contributed by atoms with Crippen molar-refractivity contribution in [1.29, 1.82) is 0 Å². The van der Waals surface area contributed by atoms with Crippen molar-refractivity contribution in [3.8, 4) is 0 Å². The molecule has 0 fully saturated rings. The highest BCUT2D eigenvalue weighted by atomic mass is 16.7. The first-order valence-corrected chi connectivity index (χ1v) is 3.98. The van der Waals surface area contributed by atoms with Crippen LogP contribution in [0.25, 0.3) is 0 Å². The summed E-state index contributed by atoms with van der Waals surface area (Å²) in [4.78, 5) is 11.0. The van der Waals surface area contributed by atoms with Crippen LogP contribution in [0.1, 0.15) is 19.8 Å². The Hall–Kier alpha value is -1.03. The smallest absolute Gasteiger partial charge is 0.290 e. The topological polar surface area (TPSA) is 61.5 Å². The third-order valence-corrected chi connectivity index (χ3v) is 1.75. The van der Waals surface area contributed by atoms with Crippen molar-refractivity contribution in [3.63, 3.8) is 0 Å². The largest absolute Gasteiger partial charge is 0.461 e. The number of amides is 1. The van der Waals surface area contributed by atoms with Gasteiger partial charge >= 0.3 is 0 Å². The Labute approximate surface area is 71.3 Å². The number of carbonyl (C=O) groups is 1. The van der Waals surface area contributed by atoms with Crippen molar-refractivity contribution in [2.45, 2.75) is 25.6 Å². The minimum Gasteiger partial charge on any atom is -0.461 e. The molecule has 1 aliphatic rings. The molecule has 4 heteroatoms. The highest BCUT2D eigenvalue weighted by Gasteiger charge is 2.39. The summed E-state index contributed by atoms with van der Waals surface area (Å²) in [7, 11) is 0. The molecule has 68 valence electrons. The normalized spacial score (nSPS) is 28.1. The highest BCUT2D eigenvalue weighted by molar-refractivity contribution is 5.82. The van der Waals surface area contributed by atoms with E-state index >= 15 is 0 Å². The number of ether oxygens (including phenoxy) is 2. The molecule has 0 aromatic heterocycles. The first-order valence-electron chi connectivity index (χ1n) is 3.98. The molecule has 0 saturated carbocycles. The summed E-state index contributed by atoms with van der Waals surface area (Å²) in [6.45, 7) is 2.21. The van der Waals surface area contributed by atoms with Gasteiger partial charge in [0.05, 0.1) is 6.26 Å². The third kappa shape index (κ3) is 1.58. The molecular weight excluding hydrogens is 158 g/mol. The maximum Gasteiger partial charge on any atom is 0.290 e. The van der Waals surface area contributed by atoms with Crippen LogP contribution in [-0.4, -0.2) is 18.3 Å². The summed E-state index contributed by atoms with van der Waals surface area (Å²) in [6.07, 6.45) is 4.54. The van der Waals surface area contributed by atoms with Gasteiger partial charge in [0.2, 0.25) is 0 Å². The number of hydrogen-bond acceptors (Lipinski definition) is 3. The summed E-state index contributed by atoms with van der Waals surface area (Å²) in [6, 6.07) is 0. The SMILES string of the molecule is CCOC1(C(N)=O)CCC=CO1. The van der Waals surface area contributed by atoms with Crippen molar-refractivity contribution in [2.24, 2.45) is 5.73 Å². The van der Waals surface area contributed by atoms with E-state index in [4.69, 9.17) is 15.2 Å². The van der Waals surface area contributed by atoms with Crippen LogP contribution in [0.4, 0.5) is 0 Å². The van der Waals surface area contributed by atoms with Gasteiger partial charge in [0.1, 0.15) is 0 Å². The molecule has 4 nitrogen and oxygen atoms in total. The number of rotatable bonds is 3. The molecule has 1 rings (SSSR count). The first kappa shape index (κ1) is 9.06. The molecule has 0 aromatic carbocycles. The van der Waals surface area contributed by atoms with E-state index in [1.54, 1.807) is 6.92 Å². The van der Waals surface area contributed by atoms with Crippen molar-refractivity contribution in [2.75, 3.05) is 6.61 Å². The molecule has 0 aromatic rings. The van der Waals surface area contributed by atoms with Gasteiger partial charge in [0, 0.05) is 13.0 Å². The second-order valence-corrected chi connectivity index (χ2v) is 2.58. The Kier molecular flexibility index (Phi) is 2.70. The molecule has 0 saturated heterocycles. The lowest BCUT2D eigenvalue weighted by atomic mass is 10.1. The van der Waals surface area contributed by atoms with Crippen LogP contribution in [0, 0.1) is 0 Å². The summed E-state index contributed by atoms with van der Waals surface area (Å²) in [5.41, 5.74) is 5.17. The Morgan fingerprint density at radius 3 is 3.00 bits per heavy atom. The zero-order valence-electron chi connectivity index (χ0n) is 7.08. The molecule has 0 aliphatic carbocycles. The maximum absolute atomic E-state index is 11.0. The van der Waals surface area contributed by atoms with Crippen LogP contribution in [-0.2, 0) is 14.3 Å². The van der Waals surface area contributed by atoms with Gasteiger partial charge in [-0.05, 0) is 19.4 Å². The van der Waals surface area contributed by atoms with Crippen LogP contribution in [0.3, 0.4) is 0 Å². The zero-order chi connectivity index (χ0) is 9.03. The molecule has 2 N–H and O–H groups in total. The minimum atomic E-state index is -1.22. The van der Waals surface area contributed by atoms with E-state index in [1.165, 1.54) is 6.26 Å². The van der Waals surface area contributed by atoms with Gasteiger partial charge in [0.15, 0.2) is 0 Å². The van der Waals surface area contributed by atoms with E-state index < -0.39 is 11.7 Å². The van der Waals surface area contributed by atoms with Crippen LogP contribution < -0.4 is 5.73 Å². The van der Waals surface area contributed by atoms with Crippen LogP contribution in [0.15, 0.2) is 12.3 Å². The fourth-order valence-electron chi connectivity index (χ4n) is 1.15. The molecule has 12 heavy (non-hydrogen) atoms. The fraction of sp³-hybridized carbons (Fsp3) is 0.625. The summed E-state index contributed by atoms with van der Waals surface area (Å²) in [5, 5.41) is 0. The van der Waals surface area contributed by atoms with E-state index in [9.17, 15) is 4.79 Å². The molecule has 1 amide bonds. The van der Waals surface area contributed by atoms with Gasteiger partial charge in [-0.2, -0.15) is 0 Å². The second-order valence-electron chi connectivity index (χ2n) is 2.58. The van der Waals surface area contributed by atoms with Gasteiger partial charge < -0.3 is 15.2 Å². The van der Waals surface area contributed by atoms with Gasteiger partial charge in [0.25, 0.3) is 11.7 Å². The van der Waals surface area contributed by atoms with Crippen molar-refractivity contribution in [3.05, 3.63) is 12.3 Å². The summed E-state index contributed by atoms with van der Waals surface area (Å²) < 4.78 is 10.3. The third-order valence-electron chi connectivity index (χ3n) is 1.75. The molecule has 0 radical (unpaired) electrons. The number of nitrogens with two attached hydrogens (primary N) is 1. The average molecular weight is 171 g/mol. The van der Waals surface area contributed by atoms with Gasteiger partial charge in [-0.3, -0.25) is 4.79 Å². The quantitative estimate of drug-likeness (QED) is 0.673. The Morgan fingerprint density at radius 1 is 1.83 bits per heavy atom. The van der Waals surface area contributed by atoms with E-state index in [2.05, 4.69) is 0 Å². The van der Waals surface area contributed by atoms with Gasteiger partial charge in [-0.15, -0.1) is 0 Å². The van der Waals surface area contributed by atoms with Gasteiger partial charge in [-0.1, -0.05) is 0 Å². The summed E-state index contributed by atoms with van der Waals surface area (Å²) in [5.74, 6) is -1.78. The highest BCUT2D eigenvalue weighted by Crippen LogP contribution is 2.24. The van der Waals surface area contributed by atoms with Crippen LogP contribution in [0.2, 0.25) is 0 Å². The molecule has 1 atom stereocenters. The molecule has 0 spiro atoms. The molecule has 1 unspecified atom stereocenters. The molecular formula is C8H13NO3. The number of primary amides is 1. The Morgan fingerprint density at radius 2 is 2.58 bits per heavy atom. The average Bonchev–Trinajstić information content (AvgIpc) is 2.06. The fourth-order valence-corrected chi connectivity index (χ4v) is 1.15. The first-order chi connectivity index (χ1) is 5.71. The van der Waals surface area contributed by atoms with E-state index in [0.29, 0.717) is 13.0 Å². The lowest BCUT2D eigenvalue weighted by Gasteiger charge is -2.30. The molecule has 1 heterocycles. The number of allylic oxidation sites excluding steroid dienone is 1.